The first-order valence-corrected chi connectivity index (χ1v) is 11.2. The van der Waals surface area contributed by atoms with Crippen LogP contribution in [0.4, 0.5) is 34.1 Å². The van der Waals surface area contributed by atoms with Gasteiger partial charge in [0.1, 0.15) is 0 Å². The van der Waals surface area contributed by atoms with Crippen LogP contribution in [0.25, 0.3) is 10.9 Å². The van der Waals surface area contributed by atoms with Gasteiger partial charge in [-0.25, -0.2) is 0 Å². The van der Waals surface area contributed by atoms with Gasteiger partial charge in [-0.3, -0.25) is 10.4 Å². The maximum absolute atomic E-state index is 6.07. The molecule has 0 aliphatic carbocycles. The molecule has 33 heavy (non-hydrogen) atoms. The molecule has 0 saturated carbocycles. The van der Waals surface area contributed by atoms with Crippen LogP contribution in [0.1, 0.15) is 19.4 Å². The molecule has 0 radical (unpaired) electrons. The summed E-state index contributed by atoms with van der Waals surface area (Å²) in [5.41, 5.74) is 26.9. The number of anilines is 6. The highest BCUT2D eigenvalue weighted by molar-refractivity contribution is 5.98. The monoisotopic (exact) mass is 441 g/mol. The minimum absolute atomic E-state index is 0.713. The molecule has 1 heterocycles. The van der Waals surface area contributed by atoms with Crippen molar-refractivity contribution in [1.29, 1.82) is 0 Å². The van der Waals surface area contributed by atoms with Gasteiger partial charge in [0.05, 0.1) is 28.3 Å². The van der Waals surface area contributed by atoms with Crippen LogP contribution < -0.4 is 32.3 Å². The van der Waals surface area contributed by atoms with Gasteiger partial charge < -0.3 is 26.9 Å². The zero-order valence-electron chi connectivity index (χ0n) is 19.3. The Kier molecular flexibility index (Phi) is 6.69. The molecule has 1 aromatic heterocycles. The van der Waals surface area contributed by atoms with Crippen molar-refractivity contribution in [3.8, 4) is 0 Å². The summed E-state index contributed by atoms with van der Waals surface area (Å²) in [5, 5.41) is 0.928. The molecule has 6 N–H and O–H groups in total. The Hall–Kier alpha value is -4.13. The van der Waals surface area contributed by atoms with E-state index in [1.807, 2.05) is 36.4 Å². The summed E-state index contributed by atoms with van der Waals surface area (Å²) in [6, 6.07) is 22.2. The fourth-order valence-electron chi connectivity index (χ4n) is 3.80. The summed E-state index contributed by atoms with van der Waals surface area (Å²) in [7, 11) is 0. The smallest absolute Gasteiger partial charge is 0.0971 e. The maximum Gasteiger partial charge on any atom is 0.0971 e. The zero-order valence-corrected chi connectivity index (χ0v) is 19.3. The number of rotatable bonds is 9. The molecule has 7 nitrogen and oxygen atoms in total. The normalized spacial score (nSPS) is 10.6. The van der Waals surface area contributed by atoms with Crippen LogP contribution in [0.15, 0.2) is 72.9 Å². The van der Waals surface area contributed by atoms with Crippen LogP contribution in [0.3, 0.4) is 0 Å². The van der Waals surface area contributed by atoms with E-state index in [1.165, 1.54) is 5.69 Å². The number of nitrogens with zero attached hydrogens (tertiary/aromatic N) is 2. The Balaban J connectivity index is 1.38. The molecule has 3 aromatic carbocycles. The number of nitrogens with one attached hydrogen (secondary N) is 4. The Labute approximate surface area is 195 Å². The molecule has 0 fully saturated rings. The van der Waals surface area contributed by atoms with Crippen molar-refractivity contribution in [2.24, 2.45) is 0 Å². The summed E-state index contributed by atoms with van der Waals surface area (Å²) in [5.74, 6) is 0. The quantitative estimate of drug-likeness (QED) is 0.164. The summed E-state index contributed by atoms with van der Waals surface area (Å²) in [6.45, 7) is 8.40. The van der Waals surface area contributed by atoms with Gasteiger partial charge in [-0.2, -0.15) is 0 Å². The first-order chi connectivity index (χ1) is 16.1. The molecule has 0 atom stereocenters. The van der Waals surface area contributed by atoms with Crippen molar-refractivity contribution in [3.05, 3.63) is 78.5 Å². The molecule has 0 spiro atoms. The highest BCUT2D eigenvalue weighted by Crippen LogP contribution is 2.27. The van der Waals surface area contributed by atoms with E-state index in [1.54, 1.807) is 6.20 Å². The van der Waals surface area contributed by atoms with Crippen LogP contribution in [0.5, 0.6) is 0 Å². The standard InChI is InChI=1S/C26H31N7/c1-4-33(5-2)21-11-8-19(9-12-21)29-30-20-10-14-24(18(3)17-20)31-32-25-15-13-23(27)22-7-6-16-28-26(22)25/h6-17,29-32H,4-5,27H2,1-3H3. The van der Waals surface area contributed by atoms with E-state index >= 15 is 0 Å². The molecule has 0 amide bonds. The van der Waals surface area contributed by atoms with E-state index in [0.29, 0.717) is 5.69 Å². The van der Waals surface area contributed by atoms with Crippen LogP contribution in [-0.2, 0) is 0 Å². The molecule has 0 saturated heterocycles. The summed E-state index contributed by atoms with van der Waals surface area (Å²) in [6.07, 6.45) is 1.77. The van der Waals surface area contributed by atoms with Gasteiger partial charge in [0.2, 0.25) is 0 Å². The number of pyridine rings is 1. The molecule has 4 rings (SSSR count). The van der Waals surface area contributed by atoms with E-state index in [4.69, 9.17) is 5.73 Å². The van der Waals surface area contributed by atoms with Gasteiger partial charge in [-0.15, -0.1) is 0 Å². The van der Waals surface area contributed by atoms with Gasteiger partial charge in [-0.05, 0) is 93.1 Å². The highest BCUT2D eigenvalue weighted by atomic mass is 15.4. The predicted octanol–water partition coefficient (Wildman–Crippen LogP) is 5.85. The second-order valence-electron chi connectivity index (χ2n) is 7.85. The SMILES string of the molecule is CCN(CC)c1ccc(NNc2ccc(NNc3ccc(N)c4cccnc34)c(C)c2)cc1. The number of aromatic nitrogens is 1. The molecule has 7 heteroatoms. The highest BCUT2D eigenvalue weighted by Gasteiger charge is 2.06. The van der Waals surface area contributed by atoms with E-state index in [2.05, 4.69) is 82.7 Å². The van der Waals surface area contributed by atoms with Gasteiger partial charge in [-0.1, -0.05) is 0 Å². The van der Waals surface area contributed by atoms with Crippen molar-refractivity contribution in [2.75, 3.05) is 45.4 Å². The fraction of sp³-hybridized carbons (Fsp3) is 0.192. The van der Waals surface area contributed by atoms with E-state index < -0.39 is 0 Å². The summed E-state index contributed by atoms with van der Waals surface area (Å²) >= 11 is 0. The Bertz CT molecular complexity index is 1220. The van der Waals surface area contributed by atoms with Crippen molar-refractivity contribution >= 4 is 45.0 Å². The summed E-state index contributed by atoms with van der Waals surface area (Å²) < 4.78 is 0. The fourth-order valence-corrected chi connectivity index (χ4v) is 3.80. The number of nitrogens with two attached hydrogens (primary N) is 1. The van der Waals surface area contributed by atoms with Gasteiger partial charge in [0, 0.05) is 36.0 Å². The number of hydrazine groups is 2. The average molecular weight is 442 g/mol. The molecule has 0 aliphatic heterocycles. The first-order valence-electron chi connectivity index (χ1n) is 11.2. The second kappa shape index (κ2) is 9.99. The Morgan fingerprint density at radius 3 is 2.18 bits per heavy atom. The van der Waals surface area contributed by atoms with E-state index in [9.17, 15) is 0 Å². The van der Waals surface area contributed by atoms with Crippen molar-refractivity contribution < 1.29 is 0 Å². The third-order valence-corrected chi connectivity index (χ3v) is 5.71. The topological polar surface area (TPSA) is 90.3 Å². The largest absolute Gasteiger partial charge is 0.398 e. The number of fused-ring (bicyclic) bond motifs is 1. The van der Waals surface area contributed by atoms with Gasteiger partial charge in [0.25, 0.3) is 0 Å². The Morgan fingerprint density at radius 1 is 0.788 bits per heavy atom. The van der Waals surface area contributed by atoms with Crippen molar-refractivity contribution in [2.45, 2.75) is 20.8 Å². The number of benzene rings is 3. The minimum Gasteiger partial charge on any atom is -0.398 e. The number of nitrogen functional groups attached to an aromatic ring is 1. The van der Waals surface area contributed by atoms with Crippen LogP contribution >= 0.6 is 0 Å². The number of aryl methyl sites for hydroxylation is 1. The molecule has 4 aromatic rings. The zero-order chi connectivity index (χ0) is 23.2. The predicted molar refractivity (Wildman–Crippen MR) is 142 cm³/mol. The Morgan fingerprint density at radius 2 is 1.45 bits per heavy atom. The number of hydrogen-bond donors (Lipinski definition) is 5. The van der Waals surface area contributed by atoms with Crippen molar-refractivity contribution in [1.82, 2.24) is 4.98 Å². The second-order valence-corrected chi connectivity index (χ2v) is 7.85. The van der Waals surface area contributed by atoms with Crippen molar-refractivity contribution in [3.63, 3.8) is 0 Å². The lowest BCUT2D eigenvalue weighted by molar-refractivity contribution is 0.866. The van der Waals surface area contributed by atoms with Crippen LogP contribution in [0.2, 0.25) is 0 Å². The molecular formula is C26H31N7. The van der Waals surface area contributed by atoms with Gasteiger partial charge in [0.15, 0.2) is 0 Å². The molecule has 0 aliphatic rings. The van der Waals surface area contributed by atoms with Crippen LogP contribution in [0, 0.1) is 6.92 Å². The minimum atomic E-state index is 0.713. The third kappa shape index (κ3) is 5.03. The molecular weight excluding hydrogens is 410 g/mol. The third-order valence-electron chi connectivity index (χ3n) is 5.71. The first kappa shape index (κ1) is 22.1. The van der Waals surface area contributed by atoms with E-state index in [-0.39, 0.29) is 0 Å². The lowest BCUT2D eigenvalue weighted by Gasteiger charge is -2.21. The van der Waals surface area contributed by atoms with E-state index in [0.717, 1.165) is 52.3 Å². The molecule has 170 valence electrons. The average Bonchev–Trinajstić information content (AvgIpc) is 2.85. The van der Waals surface area contributed by atoms with Crippen LogP contribution in [-0.4, -0.2) is 18.1 Å². The molecule has 0 unspecified atom stereocenters. The van der Waals surface area contributed by atoms with Gasteiger partial charge >= 0.3 is 0 Å². The maximum atomic E-state index is 6.07. The molecule has 0 bridgehead atoms. The number of hydrogen-bond acceptors (Lipinski definition) is 7. The summed E-state index contributed by atoms with van der Waals surface area (Å²) in [4.78, 5) is 6.79. The lowest BCUT2D eigenvalue weighted by Crippen LogP contribution is -2.21. The lowest BCUT2D eigenvalue weighted by atomic mass is 10.1.